The number of phenolic OH excluding ortho intramolecular Hbond substituents is 1. The molecule has 0 amide bonds. The molecule has 0 heterocycles. The lowest BCUT2D eigenvalue weighted by molar-refractivity contribution is 0.463. The molecule has 0 aliphatic heterocycles. The molecule has 6 heteroatoms. The zero-order valence-electron chi connectivity index (χ0n) is 8.04. The Hall–Kier alpha value is -1.79. The van der Waals surface area contributed by atoms with Crippen LogP contribution >= 0.6 is 0 Å². The molecular formula is C10H8NO4S-. The number of rotatable bonds is 1. The van der Waals surface area contributed by atoms with E-state index in [1.165, 1.54) is 18.2 Å². The Labute approximate surface area is 91.9 Å². The number of hydrogen-bond donors (Lipinski definition) is 2. The van der Waals surface area contributed by atoms with E-state index in [1.807, 2.05) is 0 Å². The molecule has 0 spiro atoms. The van der Waals surface area contributed by atoms with Crippen LogP contribution in [0.15, 0.2) is 35.2 Å². The van der Waals surface area contributed by atoms with E-state index in [2.05, 4.69) is 0 Å². The molecule has 0 saturated heterocycles. The first kappa shape index (κ1) is 10.7. The van der Waals surface area contributed by atoms with Gasteiger partial charge in [0.1, 0.15) is 15.9 Å². The third kappa shape index (κ3) is 1.68. The number of fused-ring (bicyclic) bond motifs is 1. The van der Waals surface area contributed by atoms with Gasteiger partial charge in [-0.15, -0.1) is 0 Å². The second-order valence-electron chi connectivity index (χ2n) is 3.34. The van der Waals surface area contributed by atoms with Gasteiger partial charge >= 0.3 is 0 Å². The number of phenols is 1. The molecule has 2 rings (SSSR count). The topological polar surface area (TPSA) is 103 Å². The summed E-state index contributed by atoms with van der Waals surface area (Å²) in [5.74, 6) is -0.118. The monoisotopic (exact) mass is 238 g/mol. The average Bonchev–Trinajstić information content (AvgIpc) is 2.22. The van der Waals surface area contributed by atoms with E-state index >= 15 is 0 Å². The van der Waals surface area contributed by atoms with E-state index in [-0.39, 0.29) is 16.3 Å². The molecule has 5 nitrogen and oxygen atoms in total. The third-order valence-electron chi connectivity index (χ3n) is 2.28. The van der Waals surface area contributed by atoms with E-state index in [0.717, 1.165) is 6.07 Å². The predicted octanol–water partition coefficient (Wildman–Crippen LogP) is 1.03. The number of hydrogen-bond acceptors (Lipinski definition) is 5. The zero-order chi connectivity index (χ0) is 11.9. The molecule has 0 bridgehead atoms. The van der Waals surface area contributed by atoms with Gasteiger partial charge in [-0.25, -0.2) is 8.42 Å². The van der Waals surface area contributed by atoms with E-state index in [9.17, 15) is 18.1 Å². The fourth-order valence-corrected chi connectivity index (χ4v) is 1.97. The smallest absolute Gasteiger partial charge is 0.146 e. The Morgan fingerprint density at radius 1 is 1.19 bits per heavy atom. The second kappa shape index (κ2) is 3.36. The van der Waals surface area contributed by atoms with Gasteiger partial charge in [-0.3, -0.25) is 0 Å². The second-order valence-corrected chi connectivity index (χ2v) is 4.72. The van der Waals surface area contributed by atoms with Crippen LogP contribution in [0.25, 0.3) is 10.8 Å². The summed E-state index contributed by atoms with van der Waals surface area (Å²) in [7, 11) is -4.48. The van der Waals surface area contributed by atoms with Crippen LogP contribution in [-0.4, -0.2) is 18.1 Å². The van der Waals surface area contributed by atoms with E-state index in [0.29, 0.717) is 10.8 Å². The highest BCUT2D eigenvalue weighted by Gasteiger charge is 2.07. The molecule has 16 heavy (non-hydrogen) atoms. The van der Waals surface area contributed by atoms with Gasteiger partial charge in [0.2, 0.25) is 0 Å². The van der Waals surface area contributed by atoms with Crippen molar-refractivity contribution in [3.63, 3.8) is 0 Å². The minimum Gasteiger partial charge on any atom is -0.744 e. The molecule has 84 valence electrons. The van der Waals surface area contributed by atoms with Crippen LogP contribution in [0.4, 0.5) is 5.69 Å². The minimum atomic E-state index is -4.48. The van der Waals surface area contributed by atoms with Crippen LogP contribution < -0.4 is 5.73 Å². The Morgan fingerprint density at radius 3 is 2.50 bits per heavy atom. The van der Waals surface area contributed by atoms with Crippen LogP contribution in [0.1, 0.15) is 0 Å². The zero-order valence-corrected chi connectivity index (χ0v) is 8.86. The summed E-state index contributed by atoms with van der Waals surface area (Å²) in [5.41, 5.74) is 5.68. The standard InChI is InChI=1S/C10H9NO4S/c11-9-4-1-6-5-7(16(13,14)15)2-3-8(6)10(9)12/h1-5,12H,11H2,(H,13,14,15)/p-1. The van der Waals surface area contributed by atoms with Crippen LogP contribution in [0.3, 0.4) is 0 Å². The first-order chi connectivity index (χ1) is 7.39. The summed E-state index contributed by atoms with van der Waals surface area (Å²) in [6, 6.07) is 6.68. The molecule has 0 unspecified atom stereocenters. The van der Waals surface area contributed by atoms with Crippen LogP contribution in [0.2, 0.25) is 0 Å². The van der Waals surface area contributed by atoms with Gasteiger partial charge in [0, 0.05) is 5.39 Å². The van der Waals surface area contributed by atoms with Crippen molar-refractivity contribution in [3.05, 3.63) is 30.3 Å². The highest BCUT2D eigenvalue weighted by molar-refractivity contribution is 7.85. The summed E-state index contributed by atoms with van der Waals surface area (Å²) in [4.78, 5) is -0.329. The summed E-state index contributed by atoms with van der Waals surface area (Å²) >= 11 is 0. The maximum atomic E-state index is 10.8. The largest absolute Gasteiger partial charge is 0.744 e. The predicted molar refractivity (Wildman–Crippen MR) is 58.0 cm³/mol. The maximum absolute atomic E-state index is 10.8. The van der Waals surface area contributed by atoms with Crippen molar-refractivity contribution in [1.29, 1.82) is 0 Å². The average molecular weight is 238 g/mol. The molecule has 0 radical (unpaired) electrons. The lowest BCUT2D eigenvalue weighted by Crippen LogP contribution is -1.98. The number of nitrogen functional groups attached to an aromatic ring is 1. The van der Waals surface area contributed by atoms with Gasteiger partial charge in [0.25, 0.3) is 0 Å². The molecule has 0 aromatic heterocycles. The quantitative estimate of drug-likeness (QED) is 0.438. The number of aromatic hydroxyl groups is 1. The van der Waals surface area contributed by atoms with Crippen molar-refractivity contribution in [2.24, 2.45) is 0 Å². The lowest BCUT2D eigenvalue weighted by atomic mass is 10.1. The van der Waals surface area contributed by atoms with Crippen LogP contribution in [0, 0.1) is 0 Å². The normalized spacial score (nSPS) is 11.8. The number of anilines is 1. The molecule has 2 aromatic carbocycles. The summed E-state index contributed by atoms with van der Waals surface area (Å²) < 4.78 is 32.4. The number of benzene rings is 2. The van der Waals surface area contributed by atoms with Crippen molar-refractivity contribution in [2.75, 3.05) is 5.73 Å². The van der Waals surface area contributed by atoms with E-state index < -0.39 is 10.1 Å². The van der Waals surface area contributed by atoms with Crippen molar-refractivity contribution in [3.8, 4) is 5.75 Å². The van der Waals surface area contributed by atoms with Gasteiger partial charge < -0.3 is 15.4 Å². The van der Waals surface area contributed by atoms with E-state index in [1.54, 1.807) is 6.07 Å². The molecule has 0 aliphatic carbocycles. The maximum Gasteiger partial charge on any atom is 0.146 e. The van der Waals surface area contributed by atoms with Crippen molar-refractivity contribution in [1.82, 2.24) is 0 Å². The molecule has 0 saturated carbocycles. The SMILES string of the molecule is Nc1ccc2cc(S(=O)(=O)[O-])ccc2c1O. The molecule has 0 aliphatic rings. The lowest BCUT2D eigenvalue weighted by Gasteiger charge is -2.09. The van der Waals surface area contributed by atoms with Gasteiger partial charge in [0.05, 0.1) is 10.6 Å². The van der Waals surface area contributed by atoms with Crippen LogP contribution in [0.5, 0.6) is 5.75 Å². The third-order valence-corrected chi connectivity index (χ3v) is 3.11. The summed E-state index contributed by atoms with van der Waals surface area (Å²) in [6.45, 7) is 0. The first-order valence-corrected chi connectivity index (χ1v) is 5.77. The fraction of sp³-hybridized carbons (Fsp3) is 0. The molecule has 0 atom stereocenters. The Morgan fingerprint density at radius 2 is 1.88 bits per heavy atom. The van der Waals surface area contributed by atoms with Gasteiger partial charge in [-0.1, -0.05) is 6.07 Å². The number of nitrogens with two attached hydrogens (primary N) is 1. The fourth-order valence-electron chi connectivity index (χ4n) is 1.46. The van der Waals surface area contributed by atoms with Crippen molar-refractivity contribution < 1.29 is 18.1 Å². The summed E-state index contributed by atoms with van der Waals surface area (Å²) in [6.07, 6.45) is 0. The Bertz CT molecular complexity index is 664. The first-order valence-electron chi connectivity index (χ1n) is 4.37. The van der Waals surface area contributed by atoms with Gasteiger partial charge in [0.15, 0.2) is 0 Å². The van der Waals surface area contributed by atoms with Crippen molar-refractivity contribution >= 4 is 26.6 Å². The van der Waals surface area contributed by atoms with Crippen molar-refractivity contribution in [2.45, 2.75) is 4.90 Å². The van der Waals surface area contributed by atoms with Crippen LogP contribution in [-0.2, 0) is 10.1 Å². The molecular weight excluding hydrogens is 230 g/mol. The highest BCUT2D eigenvalue weighted by atomic mass is 32.2. The highest BCUT2D eigenvalue weighted by Crippen LogP contribution is 2.31. The Kier molecular flexibility index (Phi) is 2.25. The minimum absolute atomic E-state index is 0.118. The van der Waals surface area contributed by atoms with E-state index in [4.69, 9.17) is 5.73 Å². The molecule has 0 fully saturated rings. The summed E-state index contributed by atoms with van der Waals surface area (Å²) in [5, 5.41) is 10.5. The van der Waals surface area contributed by atoms with Gasteiger partial charge in [-0.05, 0) is 29.7 Å². The van der Waals surface area contributed by atoms with Gasteiger partial charge in [-0.2, -0.15) is 0 Å². The molecule has 2 aromatic rings. The molecule has 3 N–H and O–H groups in total. The Balaban J connectivity index is 2.80.